The number of pyridine rings is 1. The van der Waals surface area contributed by atoms with Gasteiger partial charge in [-0.05, 0) is 43.4 Å². The van der Waals surface area contributed by atoms with Gasteiger partial charge in [-0.15, -0.1) is 5.10 Å². The number of amides is 1. The first-order chi connectivity index (χ1) is 12.2. The Morgan fingerprint density at radius 3 is 2.96 bits per heavy atom. The maximum atomic E-state index is 12.7. The standard InChI is InChI=1S/C17H17N5O2S/c1-11-9-14(24-20-11)16-15(19-21-25-16)13-3-2-8-22(10-13)17(23)12-4-6-18-7-5-12/h4-7,9,13H,2-3,8,10H2,1H3/t13-/m1/s1. The lowest BCUT2D eigenvalue weighted by Crippen LogP contribution is -2.39. The van der Waals surface area contributed by atoms with Crippen LogP contribution in [-0.2, 0) is 0 Å². The summed E-state index contributed by atoms with van der Waals surface area (Å²) in [4.78, 5) is 19.5. The van der Waals surface area contributed by atoms with Crippen LogP contribution in [-0.4, -0.2) is 43.6 Å². The second-order valence-electron chi connectivity index (χ2n) is 6.15. The molecule has 8 heteroatoms. The van der Waals surface area contributed by atoms with E-state index in [0.717, 1.165) is 35.7 Å². The van der Waals surface area contributed by atoms with E-state index < -0.39 is 0 Å². The van der Waals surface area contributed by atoms with Gasteiger partial charge in [0, 0.05) is 43.0 Å². The highest BCUT2D eigenvalue weighted by molar-refractivity contribution is 7.09. The fourth-order valence-corrected chi connectivity index (χ4v) is 3.87. The molecule has 0 radical (unpaired) electrons. The van der Waals surface area contributed by atoms with Gasteiger partial charge in [-0.1, -0.05) is 9.64 Å². The Labute approximate surface area is 148 Å². The minimum absolute atomic E-state index is 0.0346. The molecule has 0 bridgehead atoms. The first-order valence-corrected chi connectivity index (χ1v) is 8.95. The van der Waals surface area contributed by atoms with Crippen LogP contribution in [0.5, 0.6) is 0 Å². The smallest absolute Gasteiger partial charge is 0.253 e. The number of nitrogens with zero attached hydrogens (tertiary/aromatic N) is 5. The van der Waals surface area contributed by atoms with Crippen LogP contribution in [0.3, 0.4) is 0 Å². The molecule has 1 atom stereocenters. The van der Waals surface area contributed by atoms with Crippen molar-refractivity contribution in [2.45, 2.75) is 25.7 Å². The Bertz CT molecular complexity index is 876. The number of hydrogen-bond acceptors (Lipinski definition) is 7. The van der Waals surface area contributed by atoms with Gasteiger partial charge in [0.1, 0.15) is 4.88 Å². The molecular weight excluding hydrogens is 338 g/mol. The van der Waals surface area contributed by atoms with Crippen LogP contribution in [0.25, 0.3) is 10.6 Å². The van der Waals surface area contributed by atoms with Crippen molar-refractivity contribution in [1.82, 2.24) is 24.6 Å². The molecule has 4 heterocycles. The summed E-state index contributed by atoms with van der Waals surface area (Å²) in [5.41, 5.74) is 2.39. The summed E-state index contributed by atoms with van der Waals surface area (Å²) >= 11 is 1.31. The van der Waals surface area contributed by atoms with Crippen molar-refractivity contribution in [3.8, 4) is 10.6 Å². The molecule has 0 spiro atoms. The third-order valence-electron chi connectivity index (χ3n) is 4.39. The van der Waals surface area contributed by atoms with Crippen molar-refractivity contribution in [3.05, 3.63) is 47.5 Å². The maximum Gasteiger partial charge on any atom is 0.253 e. The van der Waals surface area contributed by atoms with Crippen molar-refractivity contribution < 1.29 is 9.32 Å². The SMILES string of the molecule is Cc1cc(-c2snnc2[C@@H]2CCCN(C(=O)c3ccncc3)C2)on1. The minimum atomic E-state index is 0.0346. The third-order valence-corrected chi connectivity index (χ3v) is 5.14. The lowest BCUT2D eigenvalue weighted by atomic mass is 9.93. The predicted octanol–water partition coefficient (Wildman–Crippen LogP) is 2.92. The van der Waals surface area contributed by atoms with E-state index in [-0.39, 0.29) is 11.8 Å². The van der Waals surface area contributed by atoms with E-state index in [1.54, 1.807) is 24.5 Å². The van der Waals surface area contributed by atoms with Gasteiger partial charge in [0.05, 0.1) is 11.4 Å². The van der Waals surface area contributed by atoms with Crippen LogP contribution in [0.15, 0.2) is 35.1 Å². The molecule has 4 rings (SSSR count). The molecule has 1 aliphatic heterocycles. The second kappa shape index (κ2) is 6.72. The molecule has 0 aliphatic carbocycles. The number of piperidine rings is 1. The Morgan fingerprint density at radius 1 is 1.36 bits per heavy atom. The summed E-state index contributed by atoms with van der Waals surface area (Å²) in [5.74, 6) is 0.881. The minimum Gasteiger partial charge on any atom is -0.355 e. The van der Waals surface area contributed by atoms with Crippen LogP contribution in [0, 0.1) is 6.92 Å². The fourth-order valence-electron chi connectivity index (χ4n) is 3.17. The zero-order chi connectivity index (χ0) is 17.2. The maximum absolute atomic E-state index is 12.7. The van der Waals surface area contributed by atoms with E-state index >= 15 is 0 Å². The highest BCUT2D eigenvalue weighted by Crippen LogP contribution is 2.35. The second-order valence-corrected chi connectivity index (χ2v) is 6.90. The van der Waals surface area contributed by atoms with E-state index in [0.29, 0.717) is 17.9 Å². The summed E-state index contributed by atoms with van der Waals surface area (Å²) in [6.45, 7) is 3.27. The van der Waals surface area contributed by atoms with Crippen molar-refractivity contribution >= 4 is 17.4 Å². The number of aryl methyl sites for hydroxylation is 1. The molecule has 0 aromatic carbocycles. The normalized spacial score (nSPS) is 17.6. The fraction of sp³-hybridized carbons (Fsp3) is 0.353. The average Bonchev–Trinajstić information content (AvgIpc) is 3.30. The largest absolute Gasteiger partial charge is 0.355 e. The van der Waals surface area contributed by atoms with Gasteiger partial charge in [-0.25, -0.2) is 0 Å². The summed E-state index contributed by atoms with van der Waals surface area (Å²) in [7, 11) is 0. The summed E-state index contributed by atoms with van der Waals surface area (Å²) in [6.07, 6.45) is 5.20. The molecule has 3 aromatic heterocycles. The molecule has 1 saturated heterocycles. The molecule has 3 aromatic rings. The van der Waals surface area contributed by atoms with Crippen LogP contribution < -0.4 is 0 Å². The molecule has 0 N–H and O–H groups in total. The topological polar surface area (TPSA) is 85.0 Å². The zero-order valence-electron chi connectivity index (χ0n) is 13.8. The summed E-state index contributed by atoms with van der Waals surface area (Å²) < 4.78 is 9.48. The quantitative estimate of drug-likeness (QED) is 0.718. The van der Waals surface area contributed by atoms with E-state index in [2.05, 4.69) is 19.7 Å². The molecule has 128 valence electrons. The first-order valence-electron chi connectivity index (χ1n) is 8.17. The Hall–Kier alpha value is -2.61. The Kier molecular flexibility index (Phi) is 4.27. The van der Waals surface area contributed by atoms with Gasteiger partial charge >= 0.3 is 0 Å². The summed E-state index contributed by atoms with van der Waals surface area (Å²) in [5, 5.41) is 8.27. The number of carbonyl (C=O) groups excluding carboxylic acids is 1. The van der Waals surface area contributed by atoms with Gasteiger partial charge in [0.15, 0.2) is 5.76 Å². The first kappa shape index (κ1) is 15.9. The summed E-state index contributed by atoms with van der Waals surface area (Å²) in [6, 6.07) is 5.39. The molecule has 1 aliphatic rings. The zero-order valence-corrected chi connectivity index (χ0v) is 14.6. The van der Waals surface area contributed by atoms with E-state index in [1.807, 2.05) is 17.9 Å². The lowest BCUT2D eigenvalue weighted by Gasteiger charge is -2.32. The van der Waals surface area contributed by atoms with Crippen molar-refractivity contribution in [2.75, 3.05) is 13.1 Å². The van der Waals surface area contributed by atoms with Gasteiger partial charge in [-0.3, -0.25) is 9.78 Å². The van der Waals surface area contributed by atoms with Crippen molar-refractivity contribution in [2.24, 2.45) is 0 Å². The van der Waals surface area contributed by atoms with Crippen LogP contribution >= 0.6 is 11.5 Å². The molecule has 0 saturated carbocycles. The number of carbonyl (C=O) groups is 1. The lowest BCUT2D eigenvalue weighted by molar-refractivity contribution is 0.0706. The van der Waals surface area contributed by atoms with Crippen LogP contribution in [0.4, 0.5) is 0 Å². The number of hydrogen-bond donors (Lipinski definition) is 0. The molecule has 1 amide bonds. The molecular formula is C17H17N5O2S. The highest BCUT2D eigenvalue weighted by Gasteiger charge is 2.30. The number of aromatic nitrogens is 4. The van der Waals surface area contributed by atoms with Crippen LogP contribution in [0.2, 0.25) is 0 Å². The van der Waals surface area contributed by atoms with Gasteiger partial charge in [-0.2, -0.15) is 0 Å². The Morgan fingerprint density at radius 2 is 2.20 bits per heavy atom. The van der Waals surface area contributed by atoms with Crippen molar-refractivity contribution in [1.29, 1.82) is 0 Å². The number of rotatable bonds is 3. The number of likely N-dealkylation sites (tertiary alicyclic amines) is 1. The van der Waals surface area contributed by atoms with Gasteiger partial charge < -0.3 is 9.42 Å². The van der Waals surface area contributed by atoms with Crippen molar-refractivity contribution in [3.63, 3.8) is 0 Å². The predicted molar refractivity (Wildman–Crippen MR) is 92.3 cm³/mol. The molecule has 25 heavy (non-hydrogen) atoms. The van der Waals surface area contributed by atoms with E-state index in [4.69, 9.17) is 4.52 Å². The van der Waals surface area contributed by atoms with Gasteiger partial charge in [0.25, 0.3) is 5.91 Å². The average molecular weight is 355 g/mol. The molecule has 7 nitrogen and oxygen atoms in total. The molecule has 0 unspecified atom stereocenters. The third kappa shape index (κ3) is 3.17. The highest BCUT2D eigenvalue weighted by atomic mass is 32.1. The van der Waals surface area contributed by atoms with Crippen LogP contribution in [0.1, 0.15) is 40.5 Å². The van der Waals surface area contributed by atoms with E-state index in [1.165, 1.54) is 11.5 Å². The van der Waals surface area contributed by atoms with Gasteiger partial charge in [0.2, 0.25) is 0 Å². The molecule has 1 fully saturated rings. The van der Waals surface area contributed by atoms with E-state index in [9.17, 15) is 4.79 Å². The Balaban J connectivity index is 1.56. The monoisotopic (exact) mass is 355 g/mol.